The lowest BCUT2D eigenvalue weighted by Gasteiger charge is -2.14. The molecule has 28 heavy (non-hydrogen) atoms. The maximum atomic E-state index is 12.6. The molecule has 0 radical (unpaired) electrons. The molecule has 1 N–H and O–H groups in total. The summed E-state index contributed by atoms with van der Waals surface area (Å²) in [6, 6.07) is 17.4. The Morgan fingerprint density at radius 2 is 1.86 bits per heavy atom. The maximum Gasteiger partial charge on any atom is 0.266 e. The molecule has 1 aliphatic heterocycles. The van der Waals surface area contributed by atoms with Gasteiger partial charge in [0, 0.05) is 18.7 Å². The third-order valence-electron chi connectivity index (χ3n) is 4.19. The van der Waals surface area contributed by atoms with Crippen molar-refractivity contribution in [3.8, 4) is 0 Å². The predicted octanol–water partition coefficient (Wildman–Crippen LogP) is 4.78. The summed E-state index contributed by atoms with van der Waals surface area (Å²) in [5, 5.41) is 2.87. The van der Waals surface area contributed by atoms with E-state index in [1.54, 1.807) is 6.08 Å². The number of para-hydroxylation sites is 1. The van der Waals surface area contributed by atoms with Crippen LogP contribution in [0.3, 0.4) is 0 Å². The smallest absolute Gasteiger partial charge is 0.266 e. The van der Waals surface area contributed by atoms with Crippen LogP contribution >= 0.6 is 24.0 Å². The molecule has 0 unspecified atom stereocenters. The van der Waals surface area contributed by atoms with Crippen LogP contribution < -0.4 is 5.32 Å². The number of thiocarbonyl (C=S) groups is 1. The number of carbonyl (C=O) groups is 2. The number of rotatable bonds is 6. The molecule has 6 heteroatoms. The van der Waals surface area contributed by atoms with Crippen molar-refractivity contribution in [2.75, 3.05) is 11.9 Å². The summed E-state index contributed by atoms with van der Waals surface area (Å²) < 4.78 is 0.480. The summed E-state index contributed by atoms with van der Waals surface area (Å²) in [6.45, 7) is 2.20. The van der Waals surface area contributed by atoms with E-state index in [-0.39, 0.29) is 24.8 Å². The van der Waals surface area contributed by atoms with Gasteiger partial charge in [0.2, 0.25) is 5.91 Å². The van der Waals surface area contributed by atoms with Crippen molar-refractivity contribution in [2.45, 2.75) is 13.3 Å². The van der Waals surface area contributed by atoms with Gasteiger partial charge in [-0.25, -0.2) is 0 Å². The summed E-state index contributed by atoms with van der Waals surface area (Å²) in [5.74, 6) is -0.298. The van der Waals surface area contributed by atoms with Crippen molar-refractivity contribution >= 4 is 51.9 Å². The number of anilines is 1. The Hall–Kier alpha value is -2.70. The lowest BCUT2D eigenvalue weighted by atomic mass is 10.2. The van der Waals surface area contributed by atoms with E-state index < -0.39 is 0 Å². The van der Waals surface area contributed by atoms with E-state index in [0.29, 0.717) is 9.23 Å². The lowest BCUT2D eigenvalue weighted by molar-refractivity contribution is -0.122. The maximum absolute atomic E-state index is 12.6. The van der Waals surface area contributed by atoms with E-state index in [2.05, 4.69) is 5.32 Å². The van der Waals surface area contributed by atoms with Gasteiger partial charge < -0.3 is 5.32 Å². The molecular weight excluding hydrogens is 388 g/mol. The van der Waals surface area contributed by atoms with Crippen LogP contribution in [0.1, 0.15) is 17.5 Å². The SMILES string of the molecule is Cc1ccccc1NC(=O)CCN1C(=O)/C(=C/C=C/c2ccccc2)SC1=S. The highest BCUT2D eigenvalue weighted by atomic mass is 32.2. The van der Waals surface area contributed by atoms with Gasteiger partial charge in [0.1, 0.15) is 4.32 Å². The molecule has 2 amide bonds. The number of aryl methyl sites for hydroxylation is 1. The van der Waals surface area contributed by atoms with Gasteiger partial charge in [0.25, 0.3) is 5.91 Å². The number of nitrogens with zero attached hydrogens (tertiary/aromatic N) is 1. The molecule has 1 aliphatic rings. The normalized spacial score (nSPS) is 15.6. The van der Waals surface area contributed by atoms with Crippen LogP contribution in [0.4, 0.5) is 5.69 Å². The van der Waals surface area contributed by atoms with Crippen LogP contribution in [0.5, 0.6) is 0 Å². The fraction of sp³-hybridized carbons (Fsp3) is 0.136. The molecule has 0 bridgehead atoms. The minimum Gasteiger partial charge on any atom is -0.326 e. The molecular formula is C22H20N2O2S2. The summed E-state index contributed by atoms with van der Waals surface area (Å²) >= 11 is 6.57. The zero-order valence-corrected chi connectivity index (χ0v) is 17.1. The molecule has 2 aromatic carbocycles. The highest BCUT2D eigenvalue weighted by Gasteiger charge is 2.31. The molecule has 0 saturated carbocycles. The molecule has 2 aromatic rings. The van der Waals surface area contributed by atoms with Crippen molar-refractivity contribution in [1.82, 2.24) is 4.90 Å². The monoisotopic (exact) mass is 408 g/mol. The Bertz CT molecular complexity index is 952. The molecule has 0 aliphatic carbocycles. The largest absolute Gasteiger partial charge is 0.326 e. The number of thioether (sulfide) groups is 1. The molecule has 4 nitrogen and oxygen atoms in total. The fourth-order valence-electron chi connectivity index (χ4n) is 2.66. The second kappa shape index (κ2) is 9.48. The van der Waals surface area contributed by atoms with E-state index in [1.807, 2.05) is 73.7 Å². The summed E-state index contributed by atoms with van der Waals surface area (Å²) in [6.07, 6.45) is 5.72. The number of hydrogen-bond donors (Lipinski definition) is 1. The Labute approximate surface area is 174 Å². The van der Waals surface area contributed by atoms with E-state index in [4.69, 9.17) is 12.2 Å². The third-order valence-corrected chi connectivity index (χ3v) is 5.59. The number of nitrogens with one attached hydrogen (secondary N) is 1. The topological polar surface area (TPSA) is 49.4 Å². The number of benzene rings is 2. The van der Waals surface area contributed by atoms with Crippen LogP contribution in [0.2, 0.25) is 0 Å². The van der Waals surface area contributed by atoms with E-state index in [0.717, 1.165) is 16.8 Å². The average Bonchev–Trinajstić information content (AvgIpc) is 2.96. The van der Waals surface area contributed by atoms with E-state index in [9.17, 15) is 9.59 Å². The quantitative estimate of drug-likeness (QED) is 0.552. The summed E-state index contributed by atoms with van der Waals surface area (Å²) in [4.78, 5) is 26.8. The van der Waals surface area contributed by atoms with Crippen LogP contribution in [0, 0.1) is 6.92 Å². The van der Waals surface area contributed by atoms with Crippen molar-refractivity contribution in [1.29, 1.82) is 0 Å². The molecule has 0 atom stereocenters. The first kappa shape index (κ1) is 20.0. The second-order valence-corrected chi connectivity index (χ2v) is 7.91. The molecule has 1 fully saturated rings. The minimum atomic E-state index is -0.156. The van der Waals surface area contributed by atoms with Gasteiger partial charge in [-0.1, -0.05) is 84.7 Å². The molecule has 3 rings (SSSR count). The minimum absolute atomic E-state index is 0.142. The summed E-state index contributed by atoms with van der Waals surface area (Å²) in [5.41, 5.74) is 2.83. The average molecular weight is 409 g/mol. The number of carbonyl (C=O) groups excluding carboxylic acids is 2. The van der Waals surface area contributed by atoms with Crippen LogP contribution in [0.25, 0.3) is 6.08 Å². The Kier molecular flexibility index (Phi) is 6.79. The first-order chi connectivity index (χ1) is 13.5. The second-order valence-electron chi connectivity index (χ2n) is 6.24. The number of allylic oxidation sites excluding steroid dienone is 2. The lowest BCUT2D eigenvalue weighted by Crippen LogP contribution is -2.31. The fourth-order valence-corrected chi connectivity index (χ4v) is 3.92. The predicted molar refractivity (Wildman–Crippen MR) is 120 cm³/mol. The van der Waals surface area contributed by atoms with Gasteiger partial charge in [-0.05, 0) is 30.2 Å². The summed E-state index contributed by atoms with van der Waals surface area (Å²) in [7, 11) is 0. The Morgan fingerprint density at radius 3 is 2.61 bits per heavy atom. The molecule has 142 valence electrons. The molecule has 0 aromatic heterocycles. The van der Waals surface area contributed by atoms with Gasteiger partial charge in [-0.2, -0.15) is 0 Å². The van der Waals surface area contributed by atoms with Crippen LogP contribution in [-0.2, 0) is 9.59 Å². The van der Waals surface area contributed by atoms with Crippen molar-refractivity contribution in [2.24, 2.45) is 0 Å². The zero-order valence-electron chi connectivity index (χ0n) is 15.4. The first-order valence-corrected chi connectivity index (χ1v) is 10.1. The Morgan fingerprint density at radius 1 is 1.14 bits per heavy atom. The van der Waals surface area contributed by atoms with Gasteiger partial charge in [0.05, 0.1) is 4.91 Å². The van der Waals surface area contributed by atoms with Crippen molar-refractivity contribution in [3.05, 3.63) is 82.8 Å². The van der Waals surface area contributed by atoms with Gasteiger partial charge in [0.15, 0.2) is 0 Å². The Balaban J connectivity index is 1.56. The highest BCUT2D eigenvalue weighted by molar-refractivity contribution is 8.26. The van der Waals surface area contributed by atoms with Crippen LogP contribution in [0.15, 0.2) is 71.7 Å². The van der Waals surface area contributed by atoms with E-state index >= 15 is 0 Å². The molecule has 1 saturated heterocycles. The molecule has 0 spiro atoms. The first-order valence-electron chi connectivity index (χ1n) is 8.87. The third kappa shape index (κ3) is 5.18. The zero-order chi connectivity index (χ0) is 19.9. The molecule has 1 heterocycles. The number of amides is 2. The number of hydrogen-bond acceptors (Lipinski definition) is 4. The van der Waals surface area contributed by atoms with Gasteiger partial charge in [-0.3, -0.25) is 14.5 Å². The highest BCUT2D eigenvalue weighted by Crippen LogP contribution is 2.31. The van der Waals surface area contributed by atoms with Gasteiger partial charge >= 0.3 is 0 Å². The van der Waals surface area contributed by atoms with Crippen molar-refractivity contribution in [3.63, 3.8) is 0 Å². The standard InChI is InChI=1S/C22H20N2O2S2/c1-16-8-5-6-12-18(16)23-20(25)14-15-24-21(26)19(28-22(24)27)13-7-11-17-9-3-2-4-10-17/h2-13H,14-15H2,1H3,(H,23,25)/b11-7+,19-13-. The van der Waals surface area contributed by atoms with Crippen LogP contribution in [-0.4, -0.2) is 27.6 Å². The van der Waals surface area contributed by atoms with Crippen molar-refractivity contribution < 1.29 is 9.59 Å². The van der Waals surface area contributed by atoms with E-state index in [1.165, 1.54) is 16.7 Å². The van der Waals surface area contributed by atoms with Gasteiger partial charge in [-0.15, -0.1) is 0 Å².